The van der Waals surface area contributed by atoms with E-state index in [4.69, 9.17) is 20.8 Å². The van der Waals surface area contributed by atoms with Gasteiger partial charge in [-0.3, -0.25) is 0 Å². The topological polar surface area (TPSA) is 66.0 Å². The maximum atomic E-state index is 6.20. The molecule has 0 saturated heterocycles. The van der Waals surface area contributed by atoms with Gasteiger partial charge < -0.3 is 9.15 Å². The summed E-state index contributed by atoms with van der Waals surface area (Å²) in [6.07, 6.45) is 6.22. The van der Waals surface area contributed by atoms with Crippen molar-refractivity contribution in [2.75, 3.05) is 6.61 Å². The number of nitrogens with zero attached hydrogens (tertiary/aromatic N) is 4. The molecule has 2 aromatic heterocycles. The summed E-state index contributed by atoms with van der Waals surface area (Å²) in [4.78, 5) is 8.43. The molecule has 0 N–H and O–H groups in total. The number of rotatable bonds is 8. The first-order valence-corrected chi connectivity index (χ1v) is 10.3. The Labute approximate surface area is 180 Å². The van der Waals surface area contributed by atoms with Crippen molar-refractivity contribution in [3.63, 3.8) is 0 Å². The molecule has 154 valence electrons. The molecule has 0 unspecified atom stereocenters. The predicted molar refractivity (Wildman–Crippen MR) is 116 cm³/mol. The van der Waals surface area contributed by atoms with Crippen molar-refractivity contribution in [3.05, 3.63) is 77.9 Å². The smallest absolute Gasteiger partial charge is 0.181 e. The van der Waals surface area contributed by atoms with Crippen molar-refractivity contribution in [2.24, 2.45) is 5.92 Å². The van der Waals surface area contributed by atoms with Crippen LogP contribution < -0.4 is 4.74 Å². The molecule has 7 heteroatoms. The van der Waals surface area contributed by atoms with Crippen LogP contribution in [0.3, 0.4) is 0 Å². The van der Waals surface area contributed by atoms with E-state index in [2.05, 4.69) is 28.9 Å². The first-order chi connectivity index (χ1) is 14.6. The number of ether oxygens (including phenoxy) is 1. The van der Waals surface area contributed by atoms with Gasteiger partial charge in [-0.15, -0.1) is 0 Å². The van der Waals surface area contributed by atoms with Crippen LogP contribution in [0.5, 0.6) is 5.75 Å². The van der Waals surface area contributed by atoms with Crippen LogP contribution in [-0.2, 0) is 12.8 Å². The lowest BCUT2D eigenvalue weighted by Gasteiger charge is -2.12. The average Bonchev–Trinajstić information content (AvgIpc) is 3.40. The molecule has 0 atom stereocenters. The van der Waals surface area contributed by atoms with E-state index in [1.807, 2.05) is 42.5 Å². The highest BCUT2D eigenvalue weighted by Crippen LogP contribution is 2.28. The van der Waals surface area contributed by atoms with Gasteiger partial charge in [0.25, 0.3) is 0 Å². The Bertz CT molecular complexity index is 1110. The predicted octanol–water partition coefficient (Wildman–Crippen LogP) is 5.40. The van der Waals surface area contributed by atoms with Gasteiger partial charge in [0.05, 0.1) is 12.3 Å². The highest BCUT2D eigenvalue weighted by molar-refractivity contribution is 6.30. The van der Waals surface area contributed by atoms with Crippen molar-refractivity contribution < 1.29 is 9.15 Å². The standard InChI is InChI=1S/C23H23ClN4O2/c1-16(2)10-22-23(26-15-30-22)18-4-3-5-20(12-18)29-9-8-17-11-19(24)6-7-21(17)28-14-25-13-27-28/h3-7,11-16H,8-10H2,1-2H3. The molecule has 0 spiro atoms. The SMILES string of the molecule is CC(C)Cc1ocnc1-c1cccc(OCCc2cc(Cl)ccc2-n2cncn2)c1. The minimum absolute atomic E-state index is 0.494. The third kappa shape index (κ3) is 4.71. The zero-order valence-corrected chi connectivity index (χ0v) is 17.7. The van der Waals surface area contributed by atoms with Crippen molar-refractivity contribution in [1.82, 2.24) is 19.7 Å². The van der Waals surface area contributed by atoms with Gasteiger partial charge in [-0.05, 0) is 41.8 Å². The average molecular weight is 423 g/mol. The maximum absolute atomic E-state index is 6.20. The molecule has 0 bridgehead atoms. The molecule has 0 saturated carbocycles. The minimum Gasteiger partial charge on any atom is -0.493 e. The van der Waals surface area contributed by atoms with Crippen molar-refractivity contribution in [1.29, 1.82) is 0 Å². The van der Waals surface area contributed by atoms with Gasteiger partial charge in [0.1, 0.15) is 29.9 Å². The second kappa shape index (κ2) is 9.13. The zero-order valence-electron chi connectivity index (χ0n) is 17.0. The molecule has 0 aliphatic rings. The van der Waals surface area contributed by atoms with Crippen LogP contribution in [0.4, 0.5) is 0 Å². The maximum Gasteiger partial charge on any atom is 0.181 e. The summed E-state index contributed by atoms with van der Waals surface area (Å²) in [6.45, 7) is 4.83. The van der Waals surface area contributed by atoms with Gasteiger partial charge >= 0.3 is 0 Å². The van der Waals surface area contributed by atoms with E-state index in [9.17, 15) is 0 Å². The number of oxazole rings is 1. The Morgan fingerprint density at radius 1 is 1.17 bits per heavy atom. The molecule has 2 heterocycles. The van der Waals surface area contributed by atoms with Crippen molar-refractivity contribution in [3.8, 4) is 22.7 Å². The van der Waals surface area contributed by atoms with Gasteiger partial charge in [-0.25, -0.2) is 14.6 Å². The molecule has 30 heavy (non-hydrogen) atoms. The lowest BCUT2D eigenvalue weighted by molar-refractivity contribution is 0.322. The number of benzene rings is 2. The Kier molecular flexibility index (Phi) is 6.14. The molecule has 0 amide bonds. The second-order valence-electron chi connectivity index (χ2n) is 7.46. The largest absolute Gasteiger partial charge is 0.493 e. The number of hydrogen-bond acceptors (Lipinski definition) is 5. The fraction of sp³-hybridized carbons (Fsp3) is 0.261. The van der Waals surface area contributed by atoms with E-state index >= 15 is 0 Å². The van der Waals surface area contributed by atoms with Crippen LogP contribution in [0.1, 0.15) is 25.2 Å². The van der Waals surface area contributed by atoms with Crippen LogP contribution >= 0.6 is 11.6 Å². The number of hydrogen-bond donors (Lipinski definition) is 0. The third-order valence-electron chi connectivity index (χ3n) is 4.69. The van der Waals surface area contributed by atoms with E-state index in [-0.39, 0.29) is 0 Å². The summed E-state index contributed by atoms with van der Waals surface area (Å²) in [5, 5.41) is 4.90. The normalized spacial score (nSPS) is 11.2. The Morgan fingerprint density at radius 2 is 2.07 bits per heavy atom. The fourth-order valence-electron chi connectivity index (χ4n) is 3.34. The van der Waals surface area contributed by atoms with Gasteiger partial charge in [0.2, 0.25) is 0 Å². The summed E-state index contributed by atoms with van der Waals surface area (Å²) >= 11 is 6.20. The molecule has 6 nitrogen and oxygen atoms in total. The van der Waals surface area contributed by atoms with E-state index in [0.29, 0.717) is 24.0 Å². The van der Waals surface area contributed by atoms with Gasteiger partial charge in [0.15, 0.2) is 6.39 Å². The van der Waals surface area contributed by atoms with Gasteiger partial charge in [-0.2, -0.15) is 5.10 Å². The van der Waals surface area contributed by atoms with E-state index < -0.39 is 0 Å². The van der Waals surface area contributed by atoms with Crippen LogP contribution in [-0.4, -0.2) is 26.4 Å². The van der Waals surface area contributed by atoms with Gasteiger partial charge in [-0.1, -0.05) is 37.6 Å². The van der Waals surface area contributed by atoms with Crippen LogP contribution in [0.15, 0.2) is 65.9 Å². The van der Waals surface area contributed by atoms with Crippen molar-refractivity contribution in [2.45, 2.75) is 26.7 Å². The summed E-state index contributed by atoms with van der Waals surface area (Å²) in [7, 11) is 0. The zero-order chi connectivity index (χ0) is 20.9. The molecule has 2 aromatic carbocycles. The molecule has 4 rings (SSSR count). The highest BCUT2D eigenvalue weighted by Gasteiger charge is 2.13. The Morgan fingerprint density at radius 3 is 2.87 bits per heavy atom. The summed E-state index contributed by atoms with van der Waals surface area (Å²) < 4.78 is 13.4. The first-order valence-electron chi connectivity index (χ1n) is 9.89. The lowest BCUT2D eigenvalue weighted by Crippen LogP contribution is -2.06. The van der Waals surface area contributed by atoms with E-state index in [1.165, 1.54) is 12.7 Å². The third-order valence-corrected chi connectivity index (χ3v) is 4.92. The molecule has 4 aromatic rings. The van der Waals surface area contributed by atoms with Gasteiger partial charge in [0, 0.05) is 23.4 Å². The van der Waals surface area contributed by atoms with Crippen LogP contribution in [0, 0.1) is 5.92 Å². The monoisotopic (exact) mass is 422 g/mol. The summed E-state index contributed by atoms with van der Waals surface area (Å²) in [6, 6.07) is 13.7. The quantitative estimate of drug-likeness (QED) is 0.380. The number of halogens is 1. The van der Waals surface area contributed by atoms with Crippen LogP contribution in [0.2, 0.25) is 5.02 Å². The summed E-state index contributed by atoms with van der Waals surface area (Å²) in [5.41, 5.74) is 3.84. The molecule has 0 aliphatic heterocycles. The molecule has 0 fully saturated rings. The van der Waals surface area contributed by atoms with Crippen LogP contribution in [0.25, 0.3) is 16.9 Å². The minimum atomic E-state index is 0.494. The van der Waals surface area contributed by atoms with E-state index in [0.717, 1.165) is 40.4 Å². The molecular weight excluding hydrogens is 400 g/mol. The molecule has 0 radical (unpaired) electrons. The Balaban J connectivity index is 1.47. The summed E-state index contributed by atoms with van der Waals surface area (Å²) in [5.74, 6) is 2.18. The number of aromatic nitrogens is 4. The highest BCUT2D eigenvalue weighted by atomic mass is 35.5. The lowest BCUT2D eigenvalue weighted by atomic mass is 10.0. The van der Waals surface area contributed by atoms with Crippen molar-refractivity contribution >= 4 is 11.6 Å². The van der Waals surface area contributed by atoms with E-state index in [1.54, 1.807) is 11.0 Å². The Hall–Kier alpha value is -3.12. The fourth-order valence-corrected chi connectivity index (χ4v) is 3.54. The molecular formula is C23H23ClN4O2. The molecule has 0 aliphatic carbocycles. The first kappa shape index (κ1) is 20.2. The second-order valence-corrected chi connectivity index (χ2v) is 7.90.